The molecular formula is C15H14F6N2O2. The van der Waals surface area contributed by atoms with Crippen LogP contribution in [0, 0.1) is 5.41 Å². The summed E-state index contributed by atoms with van der Waals surface area (Å²) < 4.78 is 82.3. The summed E-state index contributed by atoms with van der Waals surface area (Å²) in [4.78, 5) is 0. The maximum Gasteiger partial charge on any atom is 0.416 e. The predicted molar refractivity (Wildman–Crippen MR) is 74.2 cm³/mol. The highest BCUT2D eigenvalue weighted by atomic mass is 19.4. The number of hydrogen-bond donors (Lipinski definition) is 1. The summed E-state index contributed by atoms with van der Waals surface area (Å²) in [7, 11) is 0. The van der Waals surface area contributed by atoms with Crippen molar-refractivity contribution >= 4 is 0 Å². The maximum absolute atomic E-state index is 12.9. The second kappa shape index (κ2) is 6.01. The molecule has 0 bridgehead atoms. The van der Waals surface area contributed by atoms with Crippen LogP contribution in [-0.4, -0.2) is 15.3 Å². The number of aliphatic hydroxyl groups excluding tert-OH is 1. The number of nitrogens with zero attached hydrogens (tertiary/aromatic N) is 2. The monoisotopic (exact) mass is 368 g/mol. The van der Waals surface area contributed by atoms with Crippen molar-refractivity contribution in [3.05, 3.63) is 35.2 Å². The number of benzene rings is 1. The highest BCUT2D eigenvalue weighted by Gasteiger charge is 2.37. The van der Waals surface area contributed by atoms with Gasteiger partial charge in [-0.3, -0.25) is 0 Å². The molecule has 1 aromatic heterocycles. The first-order valence-electron chi connectivity index (χ1n) is 7.01. The zero-order valence-electron chi connectivity index (χ0n) is 13.3. The van der Waals surface area contributed by atoms with Gasteiger partial charge in [-0.1, -0.05) is 20.8 Å². The van der Waals surface area contributed by atoms with Gasteiger partial charge in [0.1, 0.15) is 6.10 Å². The van der Waals surface area contributed by atoms with Crippen LogP contribution in [0.4, 0.5) is 26.3 Å². The fraction of sp³-hybridized carbons (Fsp3) is 0.467. The second-order valence-electron chi connectivity index (χ2n) is 6.51. The van der Waals surface area contributed by atoms with Gasteiger partial charge in [-0.2, -0.15) is 26.3 Å². The summed E-state index contributed by atoms with van der Waals surface area (Å²) in [5.74, 6) is -0.844. The minimum Gasteiger partial charge on any atom is -0.418 e. The van der Waals surface area contributed by atoms with Gasteiger partial charge in [0.05, 0.1) is 11.1 Å². The lowest BCUT2D eigenvalue weighted by Crippen LogP contribution is -2.18. The molecule has 0 saturated heterocycles. The quantitative estimate of drug-likeness (QED) is 0.770. The Hall–Kier alpha value is -2.10. The molecule has 10 heteroatoms. The van der Waals surface area contributed by atoms with E-state index < -0.39 is 46.5 Å². The first-order chi connectivity index (χ1) is 11.2. The molecule has 0 fully saturated rings. The van der Waals surface area contributed by atoms with E-state index in [4.69, 9.17) is 4.42 Å². The van der Waals surface area contributed by atoms with Crippen molar-refractivity contribution in [3.63, 3.8) is 0 Å². The molecule has 0 aliphatic rings. The Bertz CT molecular complexity index is 726. The van der Waals surface area contributed by atoms with Crippen molar-refractivity contribution in [2.75, 3.05) is 0 Å². The second-order valence-corrected chi connectivity index (χ2v) is 6.51. The van der Waals surface area contributed by atoms with E-state index in [1.54, 1.807) is 20.8 Å². The zero-order chi connectivity index (χ0) is 19.2. The summed E-state index contributed by atoms with van der Waals surface area (Å²) in [6, 6.07) is 0.969. The van der Waals surface area contributed by atoms with Gasteiger partial charge in [0.25, 0.3) is 0 Å². The first kappa shape index (κ1) is 19.2. The highest BCUT2D eigenvalue weighted by Crippen LogP contribution is 2.39. The molecule has 2 aromatic rings. The molecule has 138 valence electrons. The SMILES string of the molecule is CC(C)(C)[C@@H](O)c1nnc(-c2cc(C(F)(F)F)cc(C(F)(F)F)c2)o1. The average Bonchev–Trinajstić information content (AvgIpc) is 2.92. The molecule has 1 N–H and O–H groups in total. The fourth-order valence-electron chi connectivity index (χ4n) is 1.91. The summed E-state index contributed by atoms with van der Waals surface area (Å²) in [5, 5.41) is 17.0. The summed E-state index contributed by atoms with van der Waals surface area (Å²) in [5.41, 5.74) is -4.24. The largest absolute Gasteiger partial charge is 0.418 e. The number of rotatable bonds is 2. The van der Waals surface area contributed by atoms with Crippen LogP contribution in [0.5, 0.6) is 0 Å². The van der Waals surface area contributed by atoms with Crippen LogP contribution in [0.25, 0.3) is 11.5 Å². The van der Waals surface area contributed by atoms with Crippen molar-refractivity contribution < 1.29 is 35.9 Å². The molecule has 1 aromatic carbocycles. The number of hydrogen-bond acceptors (Lipinski definition) is 4. The molecule has 0 amide bonds. The van der Waals surface area contributed by atoms with Gasteiger partial charge < -0.3 is 9.52 Å². The zero-order valence-corrected chi connectivity index (χ0v) is 13.3. The minimum absolute atomic E-state index is 0.00474. The topological polar surface area (TPSA) is 59.2 Å². The molecule has 0 aliphatic heterocycles. The van der Waals surface area contributed by atoms with E-state index in [-0.39, 0.29) is 12.0 Å². The molecule has 4 nitrogen and oxygen atoms in total. The molecular weight excluding hydrogens is 354 g/mol. The van der Waals surface area contributed by atoms with Crippen LogP contribution in [0.3, 0.4) is 0 Å². The van der Waals surface area contributed by atoms with Gasteiger partial charge >= 0.3 is 12.4 Å². The third-order valence-electron chi connectivity index (χ3n) is 3.33. The Kier molecular flexibility index (Phi) is 4.62. The van der Waals surface area contributed by atoms with Gasteiger partial charge in [-0.25, -0.2) is 0 Å². The van der Waals surface area contributed by atoms with Crippen LogP contribution < -0.4 is 0 Å². The normalized spacial score (nSPS) is 14.6. The van der Waals surface area contributed by atoms with Crippen LogP contribution >= 0.6 is 0 Å². The molecule has 2 rings (SSSR count). The average molecular weight is 368 g/mol. The third-order valence-corrected chi connectivity index (χ3v) is 3.33. The van der Waals surface area contributed by atoms with E-state index in [1.165, 1.54) is 0 Å². The first-order valence-corrected chi connectivity index (χ1v) is 7.01. The van der Waals surface area contributed by atoms with Gasteiger partial charge in [0, 0.05) is 5.56 Å². The standard InChI is InChI=1S/C15H14F6N2O2/c1-13(2,3)10(24)12-23-22-11(25-12)7-4-8(14(16,17)18)6-9(5-7)15(19,20)21/h4-6,10,24H,1-3H3/t10-/m0/s1. The molecule has 0 radical (unpaired) electrons. The maximum atomic E-state index is 12.9. The number of aliphatic hydroxyl groups is 1. The van der Waals surface area contributed by atoms with Crippen molar-refractivity contribution in [2.24, 2.45) is 5.41 Å². The van der Waals surface area contributed by atoms with E-state index in [0.29, 0.717) is 12.1 Å². The fourth-order valence-corrected chi connectivity index (χ4v) is 1.91. The van der Waals surface area contributed by atoms with Crippen LogP contribution in [0.1, 0.15) is 43.9 Å². The molecule has 0 saturated carbocycles. The summed E-state index contributed by atoms with van der Waals surface area (Å²) >= 11 is 0. The van der Waals surface area contributed by atoms with Crippen molar-refractivity contribution in [1.29, 1.82) is 0 Å². The summed E-state index contributed by atoms with van der Waals surface area (Å²) in [6.45, 7) is 4.94. The predicted octanol–water partition coefficient (Wildman–Crippen LogP) is 4.85. The van der Waals surface area contributed by atoms with Crippen molar-refractivity contribution in [2.45, 2.75) is 39.2 Å². The Morgan fingerprint density at radius 3 is 1.76 bits per heavy atom. The van der Waals surface area contributed by atoms with E-state index in [0.717, 1.165) is 0 Å². The number of halogens is 6. The minimum atomic E-state index is -4.98. The smallest absolute Gasteiger partial charge is 0.416 e. The Morgan fingerprint density at radius 1 is 0.880 bits per heavy atom. The molecule has 1 atom stereocenters. The third kappa shape index (κ3) is 4.30. The molecule has 1 heterocycles. The lowest BCUT2D eigenvalue weighted by atomic mass is 9.89. The van der Waals surface area contributed by atoms with Gasteiger partial charge in [0.2, 0.25) is 11.8 Å². The van der Waals surface area contributed by atoms with E-state index in [1.807, 2.05) is 0 Å². The van der Waals surface area contributed by atoms with Gasteiger partial charge in [0.15, 0.2) is 0 Å². The summed E-state index contributed by atoms with van der Waals surface area (Å²) in [6.07, 6.45) is -11.2. The van der Waals surface area contributed by atoms with E-state index in [9.17, 15) is 31.4 Å². The van der Waals surface area contributed by atoms with Gasteiger partial charge in [-0.05, 0) is 23.6 Å². The van der Waals surface area contributed by atoms with Crippen molar-refractivity contribution in [3.8, 4) is 11.5 Å². The van der Waals surface area contributed by atoms with Gasteiger partial charge in [-0.15, -0.1) is 10.2 Å². The number of aromatic nitrogens is 2. The Labute approximate surface area is 138 Å². The molecule has 0 aliphatic carbocycles. The lowest BCUT2D eigenvalue weighted by molar-refractivity contribution is -0.143. The van der Waals surface area contributed by atoms with Crippen LogP contribution in [0.15, 0.2) is 22.6 Å². The van der Waals surface area contributed by atoms with Crippen LogP contribution in [0.2, 0.25) is 0 Å². The lowest BCUT2D eigenvalue weighted by Gasteiger charge is -2.22. The molecule has 25 heavy (non-hydrogen) atoms. The van der Waals surface area contributed by atoms with Crippen molar-refractivity contribution in [1.82, 2.24) is 10.2 Å². The molecule has 0 spiro atoms. The van der Waals surface area contributed by atoms with E-state index >= 15 is 0 Å². The highest BCUT2D eigenvalue weighted by molar-refractivity contribution is 5.56. The number of alkyl halides is 6. The Balaban J connectivity index is 2.54. The Morgan fingerprint density at radius 2 is 1.36 bits per heavy atom. The molecule has 0 unspecified atom stereocenters. The van der Waals surface area contributed by atoms with E-state index in [2.05, 4.69) is 10.2 Å². The van der Waals surface area contributed by atoms with Crippen LogP contribution in [-0.2, 0) is 12.4 Å².